The molecule has 1 N–H and O–H groups in total. The Bertz CT molecular complexity index is 639. The fourth-order valence-corrected chi connectivity index (χ4v) is 5.76. The zero-order valence-corrected chi connectivity index (χ0v) is 18.6. The predicted octanol–water partition coefficient (Wildman–Crippen LogP) is 4.23. The van der Waals surface area contributed by atoms with E-state index in [4.69, 9.17) is 14.2 Å². The summed E-state index contributed by atoms with van der Waals surface area (Å²) in [6, 6.07) is 0. The van der Waals surface area contributed by atoms with Gasteiger partial charge >= 0.3 is 5.97 Å². The van der Waals surface area contributed by atoms with Crippen molar-refractivity contribution in [3.05, 3.63) is 12.2 Å². The number of hydrogen-bond acceptors (Lipinski definition) is 5. The quantitative estimate of drug-likeness (QED) is 0.571. The number of fused-ring (bicyclic) bond motifs is 3. The molecule has 2 aliphatic carbocycles. The molecular formula is C23H38O5. The molecule has 5 nitrogen and oxygen atoms in total. The SMILES string of the molecule is C=C1CC(OC(=O)CC(C)C)C2C(C)(CCC2(O)C(C)C)C2OC(C)(C)OC12. The standard InChI is InChI=1S/C23H38O5/c1-13(2)11-17(24)26-16-12-15(5)18-20(28-21(6,7)27-18)22(8)9-10-23(25,14(3)4)19(16)22/h13-14,16,18-20,25H,5,9-12H2,1-4,6-8H3. The van der Waals surface area contributed by atoms with Crippen LogP contribution in [0.25, 0.3) is 0 Å². The van der Waals surface area contributed by atoms with Crippen LogP contribution in [0, 0.1) is 23.2 Å². The summed E-state index contributed by atoms with van der Waals surface area (Å²) in [4.78, 5) is 12.6. The normalized spacial score (nSPS) is 42.4. The number of carbonyl (C=O) groups excluding carboxylic acids is 1. The Morgan fingerprint density at radius 3 is 2.43 bits per heavy atom. The van der Waals surface area contributed by atoms with E-state index in [0.29, 0.717) is 19.3 Å². The summed E-state index contributed by atoms with van der Waals surface area (Å²) in [7, 11) is 0. The maximum Gasteiger partial charge on any atom is 0.306 e. The van der Waals surface area contributed by atoms with Crippen LogP contribution in [0.15, 0.2) is 12.2 Å². The molecule has 160 valence electrons. The maximum atomic E-state index is 12.6. The minimum atomic E-state index is -0.914. The number of carbonyl (C=O) groups is 1. The molecule has 0 aromatic rings. The largest absolute Gasteiger partial charge is 0.462 e. The van der Waals surface area contributed by atoms with Crippen LogP contribution in [0.4, 0.5) is 0 Å². The van der Waals surface area contributed by atoms with Crippen LogP contribution in [0.2, 0.25) is 0 Å². The Morgan fingerprint density at radius 2 is 1.86 bits per heavy atom. The van der Waals surface area contributed by atoms with Gasteiger partial charge in [-0.3, -0.25) is 4.79 Å². The third-order valence-corrected chi connectivity index (χ3v) is 7.15. The highest BCUT2D eigenvalue weighted by Gasteiger charge is 2.67. The molecule has 0 radical (unpaired) electrons. The molecule has 3 fully saturated rings. The zero-order chi connectivity index (χ0) is 21.1. The minimum absolute atomic E-state index is 0.0470. The maximum absolute atomic E-state index is 12.6. The van der Waals surface area contributed by atoms with Gasteiger partial charge in [-0.05, 0) is 44.1 Å². The highest BCUT2D eigenvalue weighted by atomic mass is 16.8. The van der Waals surface area contributed by atoms with Gasteiger partial charge in [0.1, 0.15) is 12.2 Å². The van der Waals surface area contributed by atoms with Crippen molar-refractivity contribution in [2.24, 2.45) is 23.2 Å². The molecule has 0 bridgehead atoms. The summed E-state index contributed by atoms with van der Waals surface area (Å²) >= 11 is 0. The van der Waals surface area contributed by atoms with Crippen molar-refractivity contribution in [1.82, 2.24) is 0 Å². The molecule has 0 aromatic heterocycles. The number of esters is 1. The molecule has 6 unspecified atom stereocenters. The molecule has 6 atom stereocenters. The van der Waals surface area contributed by atoms with E-state index in [0.717, 1.165) is 12.0 Å². The van der Waals surface area contributed by atoms with Crippen molar-refractivity contribution in [1.29, 1.82) is 0 Å². The summed E-state index contributed by atoms with van der Waals surface area (Å²) in [6.45, 7) is 18.4. The summed E-state index contributed by atoms with van der Waals surface area (Å²) in [6.07, 6.45) is 1.48. The van der Waals surface area contributed by atoms with Crippen molar-refractivity contribution in [2.75, 3.05) is 0 Å². The van der Waals surface area contributed by atoms with Crippen molar-refractivity contribution in [3.8, 4) is 0 Å². The third-order valence-electron chi connectivity index (χ3n) is 7.15. The lowest BCUT2D eigenvalue weighted by Crippen LogP contribution is -2.53. The topological polar surface area (TPSA) is 65.0 Å². The minimum Gasteiger partial charge on any atom is -0.462 e. The van der Waals surface area contributed by atoms with Gasteiger partial charge in [0, 0.05) is 24.2 Å². The van der Waals surface area contributed by atoms with Gasteiger partial charge in [0.2, 0.25) is 0 Å². The van der Waals surface area contributed by atoms with E-state index < -0.39 is 17.5 Å². The van der Waals surface area contributed by atoms with Crippen LogP contribution in [-0.4, -0.2) is 40.8 Å². The lowest BCUT2D eigenvalue weighted by atomic mass is 9.66. The Kier molecular flexibility index (Phi) is 5.53. The van der Waals surface area contributed by atoms with Gasteiger partial charge in [-0.1, -0.05) is 41.2 Å². The van der Waals surface area contributed by atoms with Crippen LogP contribution in [0.1, 0.15) is 74.1 Å². The van der Waals surface area contributed by atoms with Crippen LogP contribution in [0.5, 0.6) is 0 Å². The van der Waals surface area contributed by atoms with Crippen molar-refractivity contribution < 1.29 is 24.1 Å². The van der Waals surface area contributed by atoms with Crippen molar-refractivity contribution in [2.45, 2.75) is 104 Å². The highest BCUT2D eigenvalue weighted by Crippen LogP contribution is 2.61. The molecule has 3 rings (SSSR count). The van der Waals surface area contributed by atoms with E-state index in [-0.39, 0.29) is 41.3 Å². The molecule has 0 amide bonds. The molecule has 1 saturated heterocycles. The third kappa shape index (κ3) is 3.54. The van der Waals surface area contributed by atoms with Gasteiger partial charge < -0.3 is 19.3 Å². The Morgan fingerprint density at radius 1 is 1.21 bits per heavy atom. The van der Waals surface area contributed by atoms with E-state index >= 15 is 0 Å². The fourth-order valence-electron chi connectivity index (χ4n) is 5.76. The smallest absolute Gasteiger partial charge is 0.306 e. The van der Waals surface area contributed by atoms with Gasteiger partial charge in [-0.15, -0.1) is 0 Å². The average molecular weight is 395 g/mol. The van der Waals surface area contributed by atoms with Gasteiger partial charge in [-0.25, -0.2) is 0 Å². The van der Waals surface area contributed by atoms with Gasteiger partial charge in [0.05, 0.1) is 11.7 Å². The summed E-state index contributed by atoms with van der Waals surface area (Å²) in [5.41, 5.74) is -0.387. The van der Waals surface area contributed by atoms with Crippen LogP contribution >= 0.6 is 0 Å². The molecule has 5 heteroatoms. The second-order valence-corrected chi connectivity index (χ2v) is 10.6. The molecule has 1 aliphatic heterocycles. The summed E-state index contributed by atoms with van der Waals surface area (Å²) in [5.74, 6) is -0.841. The first-order valence-electron chi connectivity index (χ1n) is 10.8. The number of ether oxygens (including phenoxy) is 3. The van der Waals surface area contributed by atoms with E-state index in [1.165, 1.54) is 0 Å². The van der Waals surface area contributed by atoms with E-state index in [2.05, 4.69) is 13.5 Å². The van der Waals surface area contributed by atoms with Gasteiger partial charge in [-0.2, -0.15) is 0 Å². The monoisotopic (exact) mass is 394 g/mol. The Balaban J connectivity index is 2.02. The van der Waals surface area contributed by atoms with E-state index in [9.17, 15) is 9.90 Å². The Labute approximate surface area is 169 Å². The fraction of sp³-hybridized carbons (Fsp3) is 0.870. The molecule has 1 heterocycles. The number of hydrogen-bond donors (Lipinski definition) is 1. The van der Waals surface area contributed by atoms with E-state index in [1.807, 2.05) is 41.5 Å². The first-order valence-corrected chi connectivity index (χ1v) is 10.8. The number of rotatable bonds is 4. The van der Waals surface area contributed by atoms with Crippen LogP contribution < -0.4 is 0 Å². The first-order chi connectivity index (χ1) is 12.8. The van der Waals surface area contributed by atoms with E-state index in [1.54, 1.807) is 0 Å². The average Bonchev–Trinajstić information content (AvgIpc) is 2.99. The first kappa shape index (κ1) is 21.8. The molecule has 3 aliphatic rings. The molecule has 28 heavy (non-hydrogen) atoms. The highest BCUT2D eigenvalue weighted by molar-refractivity contribution is 5.70. The predicted molar refractivity (Wildman–Crippen MR) is 108 cm³/mol. The zero-order valence-electron chi connectivity index (χ0n) is 18.6. The summed E-state index contributed by atoms with van der Waals surface area (Å²) in [5, 5.41) is 11.7. The molecule has 0 aromatic carbocycles. The lowest BCUT2D eigenvalue weighted by Gasteiger charge is -2.45. The molecule has 2 saturated carbocycles. The van der Waals surface area contributed by atoms with Crippen molar-refractivity contribution in [3.63, 3.8) is 0 Å². The second kappa shape index (κ2) is 7.10. The second-order valence-electron chi connectivity index (χ2n) is 10.6. The van der Waals surface area contributed by atoms with Crippen LogP contribution in [-0.2, 0) is 19.0 Å². The van der Waals surface area contributed by atoms with Gasteiger partial charge in [0.25, 0.3) is 0 Å². The Hall–Kier alpha value is -0.910. The summed E-state index contributed by atoms with van der Waals surface area (Å²) < 4.78 is 18.6. The lowest BCUT2D eigenvalue weighted by molar-refractivity contribution is -0.188. The van der Waals surface area contributed by atoms with Crippen LogP contribution in [0.3, 0.4) is 0 Å². The van der Waals surface area contributed by atoms with Crippen molar-refractivity contribution >= 4 is 5.97 Å². The molecular weight excluding hydrogens is 356 g/mol. The van der Waals surface area contributed by atoms with Gasteiger partial charge in [0.15, 0.2) is 5.79 Å². The molecule has 0 spiro atoms. The number of aliphatic hydroxyl groups is 1.